The fourth-order valence-corrected chi connectivity index (χ4v) is 1.38. The lowest BCUT2D eigenvalue weighted by Gasteiger charge is -2.14. The van der Waals surface area contributed by atoms with Crippen molar-refractivity contribution in [2.45, 2.75) is 32.6 Å². The minimum Gasteiger partial charge on any atom is -0.481 e. The van der Waals surface area contributed by atoms with E-state index in [0.717, 1.165) is 6.42 Å². The van der Waals surface area contributed by atoms with Gasteiger partial charge in [0, 0.05) is 18.9 Å². The lowest BCUT2D eigenvalue weighted by Crippen LogP contribution is -2.35. The third-order valence-electron chi connectivity index (χ3n) is 2.20. The molecule has 4 N–H and O–H groups in total. The lowest BCUT2D eigenvalue weighted by molar-refractivity contribution is -0.137. The highest BCUT2D eigenvalue weighted by Crippen LogP contribution is 2.11. The molecule has 1 unspecified atom stereocenters. The molecular formula is C10H18N2O5. The van der Waals surface area contributed by atoms with Gasteiger partial charge in [-0.25, -0.2) is 5.48 Å². The van der Waals surface area contributed by atoms with Gasteiger partial charge >= 0.3 is 5.97 Å². The molecule has 0 rings (SSSR count). The van der Waals surface area contributed by atoms with Gasteiger partial charge in [0.15, 0.2) is 0 Å². The maximum absolute atomic E-state index is 11.6. The van der Waals surface area contributed by atoms with Gasteiger partial charge in [0.1, 0.15) is 0 Å². The summed E-state index contributed by atoms with van der Waals surface area (Å²) in [7, 11) is 0. The monoisotopic (exact) mass is 246 g/mol. The summed E-state index contributed by atoms with van der Waals surface area (Å²) in [6, 6.07) is 0. The van der Waals surface area contributed by atoms with Crippen molar-refractivity contribution in [2.24, 2.45) is 5.92 Å². The normalized spacial score (nSPS) is 11.6. The van der Waals surface area contributed by atoms with Crippen LogP contribution in [0.2, 0.25) is 0 Å². The number of hydroxylamine groups is 1. The fraction of sp³-hybridized carbons (Fsp3) is 0.700. The molecule has 0 bridgehead atoms. The largest absolute Gasteiger partial charge is 0.481 e. The summed E-state index contributed by atoms with van der Waals surface area (Å²) in [5.74, 6) is -2.53. The zero-order valence-corrected chi connectivity index (χ0v) is 9.73. The Morgan fingerprint density at radius 3 is 2.41 bits per heavy atom. The van der Waals surface area contributed by atoms with Gasteiger partial charge in [0.05, 0.1) is 6.42 Å². The SMILES string of the molecule is CCCC(CC(=O)NO)C(=O)NCCC(=O)O. The Hall–Kier alpha value is -1.63. The summed E-state index contributed by atoms with van der Waals surface area (Å²) >= 11 is 0. The van der Waals surface area contributed by atoms with E-state index in [0.29, 0.717) is 6.42 Å². The first kappa shape index (κ1) is 15.4. The molecule has 1 atom stereocenters. The van der Waals surface area contributed by atoms with Crippen molar-refractivity contribution in [3.8, 4) is 0 Å². The molecule has 0 aromatic carbocycles. The molecular weight excluding hydrogens is 228 g/mol. The third-order valence-corrected chi connectivity index (χ3v) is 2.20. The summed E-state index contributed by atoms with van der Waals surface area (Å²) < 4.78 is 0. The van der Waals surface area contributed by atoms with E-state index < -0.39 is 17.8 Å². The zero-order valence-electron chi connectivity index (χ0n) is 9.73. The van der Waals surface area contributed by atoms with E-state index in [1.807, 2.05) is 6.92 Å². The number of hydrogen-bond acceptors (Lipinski definition) is 4. The van der Waals surface area contributed by atoms with Gasteiger partial charge in [0.25, 0.3) is 0 Å². The first-order valence-electron chi connectivity index (χ1n) is 5.43. The molecule has 0 heterocycles. The minimum absolute atomic E-state index is 0.0368. The number of carbonyl (C=O) groups is 3. The van der Waals surface area contributed by atoms with Gasteiger partial charge in [-0.15, -0.1) is 0 Å². The summed E-state index contributed by atoms with van der Waals surface area (Å²) in [6.07, 6.45) is 0.960. The molecule has 7 nitrogen and oxygen atoms in total. The van der Waals surface area contributed by atoms with Crippen molar-refractivity contribution in [3.05, 3.63) is 0 Å². The topological polar surface area (TPSA) is 116 Å². The molecule has 0 aromatic heterocycles. The standard InChI is InChI=1S/C10H18N2O5/c1-2-3-7(6-8(13)12-17)10(16)11-5-4-9(14)15/h7,17H,2-6H2,1H3,(H,11,16)(H,12,13)(H,14,15). The van der Waals surface area contributed by atoms with Crippen LogP contribution < -0.4 is 10.8 Å². The van der Waals surface area contributed by atoms with Crippen molar-refractivity contribution >= 4 is 17.8 Å². The molecule has 17 heavy (non-hydrogen) atoms. The van der Waals surface area contributed by atoms with E-state index in [1.54, 1.807) is 0 Å². The fourth-order valence-electron chi connectivity index (χ4n) is 1.38. The van der Waals surface area contributed by atoms with Crippen molar-refractivity contribution in [3.63, 3.8) is 0 Å². The number of amides is 2. The first-order valence-corrected chi connectivity index (χ1v) is 5.43. The molecule has 2 amide bonds. The summed E-state index contributed by atoms with van der Waals surface area (Å²) in [6.45, 7) is 1.91. The zero-order chi connectivity index (χ0) is 13.3. The van der Waals surface area contributed by atoms with Crippen LogP contribution in [0.3, 0.4) is 0 Å². The molecule has 0 aromatic rings. The van der Waals surface area contributed by atoms with Gasteiger partial charge in [-0.3, -0.25) is 19.6 Å². The second-order valence-corrected chi connectivity index (χ2v) is 3.66. The highest BCUT2D eigenvalue weighted by Gasteiger charge is 2.20. The Bertz CT molecular complexity index is 280. The van der Waals surface area contributed by atoms with Crippen LogP contribution in [-0.4, -0.2) is 34.6 Å². The van der Waals surface area contributed by atoms with Gasteiger partial charge in [-0.1, -0.05) is 13.3 Å². The molecule has 0 spiro atoms. The summed E-state index contributed by atoms with van der Waals surface area (Å²) in [5.41, 5.74) is 1.47. The van der Waals surface area contributed by atoms with Crippen LogP contribution >= 0.6 is 0 Å². The quantitative estimate of drug-likeness (QED) is 0.352. The van der Waals surface area contributed by atoms with Gasteiger partial charge in [0.2, 0.25) is 11.8 Å². The van der Waals surface area contributed by atoms with Crippen molar-refractivity contribution < 1.29 is 24.7 Å². The molecule has 0 saturated carbocycles. The van der Waals surface area contributed by atoms with Crippen LogP contribution in [0.15, 0.2) is 0 Å². The van der Waals surface area contributed by atoms with Crippen molar-refractivity contribution in [1.29, 1.82) is 0 Å². The van der Waals surface area contributed by atoms with E-state index in [9.17, 15) is 14.4 Å². The minimum atomic E-state index is -0.995. The van der Waals surface area contributed by atoms with Gasteiger partial charge in [-0.05, 0) is 6.42 Å². The summed E-state index contributed by atoms with van der Waals surface area (Å²) in [4.78, 5) is 32.8. The van der Waals surface area contributed by atoms with E-state index in [4.69, 9.17) is 10.3 Å². The number of nitrogens with one attached hydrogen (secondary N) is 2. The number of hydrogen-bond donors (Lipinski definition) is 4. The van der Waals surface area contributed by atoms with Crippen molar-refractivity contribution in [2.75, 3.05) is 6.54 Å². The Labute approximate surface area is 99.2 Å². The highest BCUT2D eigenvalue weighted by atomic mass is 16.5. The predicted octanol–water partition coefficient (Wildman–Crippen LogP) is -0.111. The Morgan fingerprint density at radius 2 is 1.94 bits per heavy atom. The van der Waals surface area contributed by atoms with Gasteiger partial charge < -0.3 is 10.4 Å². The predicted molar refractivity (Wildman–Crippen MR) is 58.2 cm³/mol. The molecule has 98 valence electrons. The number of carboxylic acids is 1. The number of carboxylic acid groups (broad SMARTS) is 1. The van der Waals surface area contributed by atoms with Crippen LogP contribution in [0, 0.1) is 5.92 Å². The third kappa shape index (κ3) is 7.29. The van der Waals surface area contributed by atoms with Crippen LogP contribution in [0.5, 0.6) is 0 Å². The molecule has 0 aliphatic heterocycles. The average Bonchev–Trinajstić information content (AvgIpc) is 2.27. The molecule has 0 aliphatic rings. The average molecular weight is 246 g/mol. The van der Waals surface area contributed by atoms with E-state index in [-0.39, 0.29) is 25.3 Å². The Kier molecular flexibility index (Phi) is 7.70. The van der Waals surface area contributed by atoms with Crippen LogP contribution in [0.25, 0.3) is 0 Å². The molecule has 0 saturated heterocycles. The smallest absolute Gasteiger partial charge is 0.305 e. The van der Waals surface area contributed by atoms with E-state index in [2.05, 4.69) is 5.32 Å². The van der Waals surface area contributed by atoms with Crippen LogP contribution in [0.4, 0.5) is 0 Å². The van der Waals surface area contributed by atoms with Crippen LogP contribution in [0.1, 0.15) is 32.6 Å². The Morgan fingerprint density at radius 1 is 1.29 bits per heavy atom. The number of rotatable bonds is 8. The Balaban J connectivity index is 4.14. The second-order valence-electron chi connectivity index (χ2n) is 3.66. The second kappa shape index (κ2) is 8.51. The highest BCUT2D eigenvalue weighted by molar-refractivity contribution is 5.85. The summed E-state index contributed by atoms with van der Waals surface area (Å²) in [5, 5.41) is 19.2. The van der Waals surface area contributed by atoms with Crippen molar-refractivity contribution in [1.82, 2.24) is 10.8 Å². The van der Waals surface area contributed by atoms with E-state index in [1.165, 1.54) is 5.48 Å². The van der Waals surface area contributed by atoms with Crippen LogP contribution in [-0.2, 0) is 14.4 Å². The molecule has 0 aliphatic carbocycles. The molecule has 0 fully saturated rings. The van der Waals surface area contributed by atoms with E-state index >= 15 is 0 Å². The maximum Gasteiger partial charge on any atom is 0.305 e. The van der Waals surface area contributed by atoms with Gasteiger partial charge in [-0.2, -0.15) is 0 Å². The molecule has 7 heteroatoms. The number of aliphatic carboxylic acids is 1. The maximum atomic E-state index is 11.6. The number of carbonyl (C=O) groups excluding carboxylic acids is 2. The first-order chi connectivity index (χ1) is 8.01. The lowest BCUT2D eigenvalue weighted by atomic mass is 9.98. The molecule has 0 radical (unpaired) electrons.